The Bertz CT molecular complexity index is 407. The van der Waals surface area contributed by atoms with E-state index < -0.39 is 5.54 Å². The van der Waals surface area contributed by atoms with Gasteiger partial charge < -0.3 is 11.1 Å². The first-order valence-electron chi connectivity index (χ1n) is 5.37. The van der Waals surface area contributed by atoms with E-state index in [-0.39, 0.29) is 11.7 Å². The Morgan fingerprint density at radius 3 is 2.56 bits per heavy atom. The average molecular weight is 222 g/mol. The molecule has 1 amide bonds. The zero-order chi connectivity index (χ0) is 11.8. The molecule has 4 heteroatoms. The van der Waals surface area contributed by atoms with Crippen molar-refractivity contribution in [1.29, 1.82) is 0 Å². The van der Waals surface area contributed by atoms with E-state index in [2.05, 4.69) is 5.32 Å². The average Bonchev–Trinajstić information content (AvgIpc) is 2.09. The Balaban J connectivity index is 2.22. The molecule has 0 bridgehead atoms. The molecule has 3 N–H and O–H groups in total. The molecule has 16 heavy (non-hydrogen) atoms. The number of amides is 1. The maximum atomic E-state index is 13.2. The predicted octanol–water partition coefficient (Wildman–Crippen LogP) is 1.95. The standard InChI is InChI=1S/C12H15FN2O/c1-8-5-9(13)7-10(6-8)15-12(11(14)16)3-2-4-12/h5-7,15H,2-4H2,1H3,(H2,14,16). The van der Waals surface area contributed by atoms with Crippen LogP contribution in [0.25, 0.3) is 0 Å². The molecule has 0 radical (unpaired) electrons. The van der Waals surface area contributed by atoms with Crippen molar-refractivity contribution in [3.8, 4) is 0 Å². The molecule has 1 fully saturated rings. The number of rotatable bonds is 3. The largest absolute Gasteiger partial charge is 0.371 e. The van der Waals surface area contributed by atoms with Gasteiger partial charge in [0.15, 0.2) is 0 Å². The van der Waals surface area contributed by atoms with Gasteiger partial charge in [-0.15, -0.1) is 0 Å². The Labute approximate surface area is 93.8 Å². The lowest BCUT2D eigenvalue weighted by Crippen LogP contribution is -2.55. The molecule has 0 spiro atoms. The van der Waals surface area contributed by atoms with E-state index >= 15 is 0 Å². The first-order valence-corrected chi connectivity index (χ1v) is 5.37. The number of aryl methyl sites for hydroxylation is 1. The van der Waals surface area contributed by atoms with Crippen LogP contribution in [0.1, 0.15) is 24.8 Å². The van der Waals surface area contributed by atoms with E-state index in [4.69, 9.17) is 5.73 Å². The van der Waals surface area contributed by atoms with Gasteiger partial charge in [-0.1, -0.05) is 0 Å². The molecule has 0 unspecified atom stereocenters. The Kier molecular flexibility index (Phi) is 2.58. The molecule has 1 aliphatic carbocycles. The zero-order valence-electron chi connectivity index (χ0n) is 9.22. The van der Waals surface area contributed by atoms with E-state index in [1.54, 1.807) is 0 Å². The van der Waals surface area contributed by atoms with Crippen molar-refractivity contribution in [2.45, 2.75) is 31.7 Å². The molecular weight excluding hydrogens is 207 g/mol. The van der Waals surface area contributed by atoms with Crippen molar-refractivity contribution in [3.63, 3.8) is 0 Å². The monoisotopic (exact) mass is 222 g/mol. The number of nitrogens with two attached hydrogens (primary N) is 1. The van der Waals surface area contributed by atoms with Crippen LogP contribution in [0.5, 0.6) is 0 Å². The van der Waals surface area contributed by atoms with Crippen LogP contribution < -0.4 is 11.1 Å². The highest BCUT2D eigenvalue weighted by molar-refractivity contribution is 5.89. The van der Waals surface area contributed by atoms with Crippen LogP contribution in [0.4, 0.5) is 10.1 Å². The van der Waals surface area contributed by atoms with Gasteiger partial charge >= 0.3 is 0 Å². The third-order valence-electron chi connectivity index (χ3n) is 3.10. The van der Waals surface area contributed by atoms with Crippen molar-refractivity contribution in [2.24, 2.45) is 5.73 Å². The van der Waals surface area contributed by atoms with Gasteiger partial charge in [0.05, 0.1) is 0 Å². The molecule has 3 nitrogen and oxygen atoms in total. The molecule has 1 aromatic carbocycles. The van der Waals surface area contributed by atoms with Gasteiger partial charge in [-0.3, -0.25) is 4.79 Å². The van der Waals surface area contributed by atoms with Crippen molar-refractivity contribution in [2.75, 3.05) is 5.32 Å². The predicted molar refractivity (Wildman–Crippen MR) is 60.5 cm³/mol. The van der Waals surface area contributed by atoms with E-state index in [0.29, 0.717) is 5.69 Å². The van der Waals surface area contributed by atoms with Crippen LogP contribution in [-0.4, -0.2) is 11.4 Å². The fraction of sp³-hybridized carbons (Fsp3) is 0.417. The van der Waals surface area contributed by atoms with Gasteiger partial charge in [0.25, 0.3) is 0 Å². The van der Waals surface area contributed by atoms with Crippen molar-refractivity contribution < 1.29 is 9.18 Å². The van der Waals surface area contributed by atoms with Crippen LogP contribution in [-0.2, 0) is 4.79 Å². The molecule has 86 valence electrons. The fourth-order valence-electron chi connectivity index (χ4n) is 2.05. The van der Waals surface area contributed by atoms with Crippen LogP contribution in [0.3, 0.4) is 0 Å². The summed E-state index contributed by atoms with van der Waals surface area (Å²) in [5.74, 6) is -0.665. The normalized spacial score (nSPS) is 17.6. The van der Waals surface area contributed by atoms with Crippen molar-refractivity contribution >= 4 is 11.6 Å². The van der Waals surface area contributed by atoms with E-state index in [1.807, 2.05) is 13.0 Å². The highest BCUT2D eigenvalue weighted by Crippen LogP contribution is 2.35. The number of hydrogen-bond donors (Lipinski definition) is 2. The number of carbonyl (C=O) groups excluding carboxylic acids is 1. The fourth-order valence-corrected chi connectivity index (χ4v) is 2.05. The Morgan fingerprint density at radius 1 is 1.44 bits per heavy atom. The number of benzene rings is 1. The minimum atomic E-state index is -0.666. The second-order valence-corrected chi connectivity index (χ2v) is 4.44. The molecule has 2 rings (SSSR count). The maximum Gasteiger partial charge on any atom is 0.243 e. The summed E-state index contributed by atoms with van der Waals surface area (Å²) in [5, 5.41) is 3.06. The first-order chi connectivity index (χ1) is 7.52. The lowest BCUT2D eigenvalue weighted by Gasteiger charge is -2.40. The van der Waals surface area contributed by atoms with E-state index in [1.165, 1.54) is 12.1 Å². The summed E-state index contributed by atoms with van der Waals surface area (Å²) in [6.45, 7) is 1.81. The minimum Gasteiger partial charge on any atom is -0.371 e. The summed E-state index contributed by atoms with van der Waals surface area (Å²) in [4.78, 5) is 11.3. The molecule has 0 aliphatic heterocycles. The first kappa shape index (κ1) is 10.9. The Morgan fingerprint density at radius 2 is 2.12 bits per heavy atom. The molecular formula is C12H15FN2O. The summed E-state index contributed by atoms with van der Waals surface area (Å²) < 4.78 is 13.2. The number of anilines is 1. The lowest BCUT2D eigenvalue weighted by molar-refractivity contribution is -0.124. The smallest absolute Gasteiger partial charge is 0.243 e. The van der Waals surface area contributed by atoms with Crippen LogP contribution >= 0.6 is 0 Å². The molecule has 0 aromatic heterocycles. The molecule has 1 aliphatic rings. The highest BCUT2D eigenvalue weighted by atomic mass is 19.1. The second kappa shape index (κ2) is 3.77. The topological polar surface area (TPSA) is 55.1 Å². The van der Waals surface area contributed by atoms with E-state index in [0.717, 1.165) is 24.8 Å². The van der Waals surface area contributed by atoms with Gasteiger partial charge in [-0.05, 0) is 49.9 Å². The quantitative estimate of drug-likeness (QED) is 0.821. The SMILES string of the molecule is Cc1cc(F)cc(NC2(C(N)=O)CCC2)c1. The summed E-state index contributed by atoms with van der Waals surface area (Å²) >= 11 is 0. The number of hydrogen-bond acceptors (Lipinski definition) is 2. The summed E-state index contributed by atoms with van der Waals surface area (Å²) in [6, 6.07) is 4.64. The molecule has 0 heterocycles. The van der Waals surface area contributed by atoms with Crippen LogP contribution in [0, 0.1) is 12.7 Å². The third kappa shape index (κ3) is 1.87. The molecule has 0 saturated heterocycles. The van der Waals surface area contributed by atoms with Gasteiger partial charge in [-0.2, -0.15) is 0 Å². The lowest BCUT2D eigenvalue weighted by atomic mass is 9.76. The van der Waals surface area contributed by atoms with Gasteiger partial charge in [0.1, 0.15) is 11.4 Å². The van der Waals surface area contributed by atoms with Gasteiger partial charge in [-0.25, -0.2) is 4.39 Å². The van der Waals surface area contributed by atoms with E-state index in [9.17, 15) is 9.18 Å². The summed E-state index contributed by atoms with van der Waals surface area (Å²) in [5.41, 5.74) is 6.14. The third-order valence-corrected chi connectivity index (χ3v) is 3.10. The van der Waals surface area contributed by atoms with Crippen LogP contribution in [0.15, 0.2) is 18.2 Å². The zero-order valence-corrected chi connectivity index (χ0v) is 9.22. The molecule has 1 aromatic rings. The number of primary amides is 1. The Hall–Kier alpha value is -1.58. The number of carbonyl (C=O) groups is 1. The summed E-state index contributed by atoms with van der Waals surface area (Å²) in [7, 11) is 0. The van der Waals surface area contributed by atoms with Crippen molar-refractivity contribution in [3.05, 3.63) is 29.6 Å². The number of halogens is 1. The molecule has 1 saturated carbocycles. The molecule has 0 atom stereocenters. The summed E-state index contributed by atoms with van der Waals surface area (Å²) in [6.07, 6.45) is 2.42. The van der Waals surface area contributed by atoms with Crippen molar-refractivity contribution in [1.82, 2.24) is 0 Å². The highest BCUT2D eigenvalue weighted by Gasteiger charge is 2.42. The number of nitrogens with one attached hydrogen (secondary N) is 1. The van der Waals surface area contributed by atoms with Gasteiger partial charge in [0.2, 0.25) is 5.91 Å². The maximum absolute atomic E-state index is 13.2. The minimum absolute atomic E-state index is 0.304. The second-order valence-electron chi connectivity index (χ2n) is 4.44. The van der Waals surface area contributed by atoms with Gasteiger partial charge in [0, 0.05) is 5.69 Å². The van der Waals surface area contributed by atoms with Crippen LogP contribution in [0.2, 0.25) is 0 Å².